The first-order chi connectivity index (χ1) is 11.3. The highest BCUT2D eigenvalue weighted by Crippen LogP contribution is 2.28. The van der Waals surface area contributed by atoms with Crippen molar-refractivity contribution in [3.05, 3.63) is 58.8 Å². The van der Waals surface area contributed by atoms with Gasteiger partial charge < -0.3 is 14.3 Å². The van der Waals surface area contributed by atoms with Crippen molar-refractivity contribution in [2.45, 2.75) is 11.8 Å². The number of anilines is 1. The maximum Gasteiger partial charge on any atom is 0.261 e. The topological polar surface area (TPSA) is 99.4 Å². The lowest BCUT2D eigenvalue weighted by Gasteiger charge is -2.08. The van der Waals surface area contributed by atoms with E-state index in [0.29, 0.717) is 10.6 Å². The number of aromatic carboxylic acids is 1. The Morgan fingerprint density at radius 1 is 1.17 bits per heavy atom. The van der Waals surface area contributed by atoms with Gasteiger partial charge in [-0.05, 0) is 49.4 Å². The predicted octanol–water partition coefficient (Wildman–Crippen LogP) is 2.56. The molecule has 0 radical (unpaired) electrons. The SMILES string of the molecule is Cc1oc2ccc(NS(=O)(=O)c3ccc(Cl)cc3)cc2c1C(=O)[O-]. The van der Waals surface area contributed by atoms with E-state index in [1.807, 2.05) is 0 Å². The molecule has 0 amide bonds. The molecule has 0 atom stereocenters. The number of aryl methyl sites for hydroxylation is 1. The molecule has 0 saturated heterocycles. The molecular formula is C16H11ClNO5S-. The first kappa shape index (κ1) is 16.4. The van der Waals surface area contributed by atoms with Gasteiger partial charge in [-0.25, -0.2) is 8.42 Å². The normalized spacial score (nSPS) is 11.6. The van der Waals surface area contributed by atoms with Crippen LogP contribution in [0.1, 0.15) is 16.1 Å². The standard InChI is InChI=1S/C16H12ClNO5S/c1-9-15(16(19)20)13-8-11(4-7-14(13)23-9)18-24(21,22)12-5-2-10(17)3-6-12/h2-8,18H,1H3,(H,19,20)/p-1. The van der Waals surface area contributed by atoms with Crippen LogP contribution in [0.3, 0.4) is 0 Å². The van der Waals surface area contributed by atoms with Crippen LogP contribution in [0, 0.1) is 6.92 Å². The van der Waals surface area contributed by atoms with E-state index >= 15 is 0 Å². The molecule has 0 aliphatic rings. The monoisotopic (exact) mass is 364 g/mol. The minimum absolute atomic E-state index is 0.0375. The molecule has 0 saturated carbocycles. The van der Waals surface area contributed by atoms with Gasteiger partial charge in [-0.15, -0.1) is 0 Å². The van der Waals surface area contributed by atoms with E-state index in [2.05, 4.69) is 4.72 Å². The summed E-state index contributed by atoms with van der Waals surface area (Å²) in [6.45, 7) is 1.50. The second-order valence-corrected chi connectivity index (χ2v) is 7.21. The molecule has 0 fully saturated rings. The highest BCUT2D eigenvalue weighted by molar-refractivity contribution is 7.92. The number of nitrogens with one attached hydrogen (secondary N) is 1. The molecular weight excluding hydrogens is 354 g/mol. The second-order valence-electron chi connectivity index (χ2n) is 5.09. The highest BCUT2D eigenvalue weighted by Gasteiger charge is 2.17. The first-order valence-electron chi connectivity index (χ1n) is 6.81. The Bertz CT molecular complexity index is 1040. The van der Waals surface area contributed by atoms with Gasteiger partial charge in [0.25, 0.3) is 10.0 Å². The number of halogens is 1. The number of carboxylic acids is 1. The van der Waals surface area contributed by atoms with Crippen molar-refractivity contribution < 1.29 is 22.7 Å². The molecule has 0 aliphatic heterocycles. The maximum atomic E-state index is 12.4. The van der Waals surface area contributed by atoms with E-state index in [9.17, 15) is 18.3 Å². The summed E-state index contributed by atoms with van der Waals surface area (Å²) in [5.74, 6) is -1.19. The zero-order chi connectivity index (χ0) is 17.5. The van der Waals surface area contributed by atoms with Crippen LogP contribution in [0.5, 0.6) is 0 Å². The van der Waals surface area contributed by atoms with Crippen molar-refractivity contribution in [1.82, 2.24) is 0 Å². The Morgan fingerprint density at radius 3 is 2.46 bits per heavy atom. The summed E-state index contributed by atoms with van der Waals surface area (Å²) in [6.07, 6.45) is 0. The fourth-order valence-corrected chi connectivity index (χ4v) is 3.54. The van der Waals surface area contributed by atoms with E-state index in [1.165, 1.54) is 49.4 Å². The van der Waals surface area contributed by atoms with Crippen LogP contribution in [0.15, 0.2) is 51.8 Å². The summed E-state index contributed by atoms with van der Waals surface area (Å²) >= 11 is 5.75. The first-order valence-corrected chi connectivity index (χ1v) is 8.67. The summed E-state index contributed by atoms with van der Waals surface area (Å²) in [5.41, 5.74) is 0.444. The molecule has 3 rings (SSSR count). The lowest BCUT2D eigenvalue weighted by atomic mass is 10.1. The molecule has 0 bridgehead atoms. The van der Waals surface area contributed by atoms with Crippen LogP contribution in [-0.2, 0) is 10.0 Å². The maximum absolute atomic E-state index is 12.4. The third-order valence-electron chi connectivity index (χ3n) is 3.44. The van der Waals surface area contributed by atoms with Crippen LogP contribution in [0.25, 0.3) is 11.0 Å². The molecule has 0 unspecified atom stereocenters. The molecule has 2 aromatic carbocycles. The van der Waals surface area contributed by atoms with E-state index in [4.69, 9.17) is 16.0 Å². The third kappa shape index (κ3) is 2.95. The number of furan rings is 1. The quantitative estimate of drug-likeness (QED) is 0.766. The number of carbonyl (C=O) groups is 1. The number of hydrogen-bond donors (Lipinski definition) is 1. The molecule has 1 aromatic heterocycles. The smallest absolute Gasteiger partial charge is 0.261 e. The number of sulfonamides is 1. The lowest BCUT2D eigenvalue weighted by molar-refractivity contribution is -0.254. The summed E-state index contributed by atoms with van der Waals surface area (Å²) in [5, 5.41) is 11.9. The molecule has 3 aromatic rings. The van der Waals surface area contributed by atoms with Crippen molar-refractivity contribution >= 4 is 44.3 Å². The van der Waals surface area contributed by atoms with Crippen LogP contribution in [0.4, 0.5) is 5.69 Å². The van der Waals surface area contributed by atoms with E-state index in [0.717, 1.165) is 0 Å². The molecule has 1 N–H and O–H groups in total. The van der Waals surface area contributed by atoms with Crippen LogP contribution in [-0.4, -0.2) is 14.4 Å². The Balaban J connectivity index is 2.02. The largest absolute Gasteiger partial charge is 0.545 e. The molecule has 0 aliphatic carbocycles. The summed E-state index contributed by atoms with van der Waals surface area (Å²) in [7, 11) is -3.83. The zero-order valence-electron chi connectivity index (χ0n) is 12.4. The Hall–Kier alpha value is -2.51. The average molecular weight is 365 g/mol. The van der Waals surface area contributed by atoms with Gasteiger partial charge in [-0.1, -0.05) is 11.6 Å². The summed E-state index contributed by atoms with van der Waals surface area (Å²) in [6, 6.07) is 10.0. The van der Waals surface area contributed by atoms with Gasteiger partial charge >= 0.3 is 0 Å². The summed E-state index contributed by atoms with van der Waals surface area (Å²) < 4.78 is 32.5. The van der Waals surface area contributed by atoms with Gasteiger partial charge in [0, 0.05) is 21.7 Å². The molecule has 8 heteroatoms. The third-order valence-corrected chi connectivity index (χ3v) is 5.09. The number of hydrogen-bond acceptors (Lipinski definition) is 5. The van der Waals surface area contributed by atoms with Crippen molar-refractivity contribution in [1.29, 1.82) is 0 Å². The predicted molar refractivity (Wildman–Crippen MR) is 87.5 cm³/mol. The fraction of sp³-hybridized carbons (Fsp3) is 0.0625. The number of carboxylic acid groups (broad SMARTS) is 1. The van der Waals surface area contributed by atoms with Crippen molar-refractivity contribution in [3.63, 3.8) is 0 Å². The minimum Gasteiger partial charge on any atom is -0.545 e. The molecule has 124 valence electrons. The van der Waals surface area contributed by atoms with E-state index in [-0.39, 0.29) is 27.3 Å². The van der Waals surface area contributed by atoms with Gasteiger partial charge in [0.2, 0.25) is 0 Å². The van der Waals surface area contributed by atoms with Gasteiger partial charge in [0.15, 0.2) is 0 Å². The fourth-order valence-electron chi connectivity index (χ4n) is 2.36. The van der Waals surface area contributed by atoms with Crippen LogP contribution in [0.2, 0.25) is 5.02 Å². The number of fused-ring (bicyclic) bond motifs is 1. The molecule has 0 spiro atoms. The van der Waals surface area contributed by atoms with Gasteiger partial charge in [-0.3, -0.25) is 4.72 Å². The van der Waals surface area contributed by atoms with Gasteiger partial charge in [-0.2, -0.15) is 0 Å². The van der Waals surface area contributed by atoms with Crippen molar-refractivity contribution in [2.24, 2.45) is 0 Å². The Labute approximate surface area is 142 Å². The van der Waals surface area contributed by atoms with Crippen LogP contribution < -0.4 is 9.83 Å². The molecule has 24 heavy (non-hydrogen) atoms. The Morgan fingerprint density at radius 2 is 1.83 bits per heavy atom. The second kappa shape index (κ2) is 5.85. The Kier molecular flexibility index (Phi) is 3.98. The van der Waals surface area contributed by atoms with Crippen LogP contribution >= 0.6 is 11.6 Å². The van der Waals surface area contributed by atoms with Crippen molar-refractivity contribution in [2.75, 3.05) is 4.72 Å². The highest BCUT2D eigenvalue weighted by atomic mass is 35.5. The average Bonchev–Trinajstić information content (AvgIpc) is 2.82. The minimum atomic E-state index is -3.83. The molecule has 6 nitrogen and oxygen atoms in total. The number of benzene rings is 2. The number of carbonyl (C=O) groups excluding carboxylic acids is 1. The zero-order valence-corrected chi connectivity index (χ0v) is 13.9. The van der Waals surface area contributed by atoms with Crippen molar-refractivity contribution in [3.8, 4) is 0 Å². The number of rotatable bonds is 4. The van der Waals surface area contributed by atoms with Gasteiger partial charge in [0.05, 0.1) is 10.9 Å². The van der Waals surface area contributed by atoms with Gasteiger partial charge in [0.1, 0.15) is 11.3 Å². The van der Waals surface area contributed by atoms with E-state index < -0.39 is 16.0 Å². The lowest BCUT2D eigenvalue weighted by Crippen LogP contribution is -2.22. The summed E-state index contributed by atoms with van der Waals surface area (Å²) in [4.78, 5) is 11.3. The molecule has 1 heterocycles. The van der Waals surface area contributed by atoms with E-state index in [1.54, 1.807) is 0 Å².